The van der Waals surface area contributed by atoms with Crippen LogP contribution >= 0.6 is 11.8 Å². The van der Waals surface area contributed by atoms with Gasteiger partial charge in [-0.3, -0.25) is 9.59 Å². The number of rotatable bonds is 7. The van der Waals surface area contributed by atoms with Crippen molar-refractivity contribution in [2.75, 3.05) is 5.75 Å². The van der Waals surface area contributed by atoms with Gasteiger partial charge in [0.25, 0.3) is 0 Å². The van der Waals surface area contributed by atoms with E-state index in [1.807, 2.05) is 20.8 Å². The molecule has 0 aliphatic carbocycles. The SMILES string of the molecule is CCc1cnc(SCC(=O)O)n1C(C(N)=O)C(C)C. The lowest BCUT2D eigenvalue weighted by atomic mass is 10.0. The predicted molar refractivity (Wildman–Crippen MR) is 73.0 cm³/mol. The monoisotopic (exact) mass is 285 g/mol. The number of hydrogen-bond donors (Lipinski definition) is 2. The first-order chi connectivity index (χ1) is 8.88. The van der Waals surface area contributed by atoms with Crippen LogP contribution in [-0.4, -0.2) is 32.3 Å². The molecule has 1 aromatic heterocycles. The Morgan fingerprint density at radius 3 is 2.58 bits per heavy atom. The number of carbonyl (C=O) groups is 2. The van der Waals surface area contributed by atoms with Crippen molar-refractivity contribution < 1.29 is 14.7 Å². The van der Waals surface area contributed by atoms with Gasteiger partial charge in [-0.2, -0.15) is 0 Å². The predicted octanol–water partition coefficient (Wildman–Crippen LogP) is 1.30. The number of hydrogen-bond acceptors (Lipinski definition) is 4. The molecule has 1 rings (SSSR count). The molecule has 0 fully saturated rings. The normalized spacial score (nSPS) is 12.6. The van der Waals surface area contributed by atoms with Gasteiger partial charge in [-0.15, -0.1) is 0 Å². The Balaban J connectivity index is 3.16. The number of carboxylic acid groups (broad SMARTS) is 1. The minimum Gasteiger partial charge on any atom is -0.481 e. The summed E-state index contributed by atoms with van der Waals surface area (Å²) in [4.78, 5) is 26.5. The number of aryl methyl sites for hydroxylation is 1. The van der Waals surface area contributed by atoms with E-state index < -0.39 is 17.9 Å². The van der Waals surface area contributed by atoms with E-state index in [-0.39, 0.29) is 11.7 Å². The molecule has 106 valence electrons. The molecule has 1 amide bonds. The fraction of sp³-hybridized carbons (Fsp3) is 0.583. The summed E-state index contributed by atoms with van der Waals surface area (Å²) in [5.41, 5.74) is 6.34. The van der Waals surface area contributed by atoms with Gasteiger partial charge in [-0.25, -0.2) is 4.98 Å². The van der Waals surface area contributed by atoms with Crippen LogP contribution in [0, 0.1) is 5.92 Å². The van der Waals surface area contributed by atoms with Gasteiger partial charge in [-0.05, 0) is 12.3 Å². The van der Waals surface area contributed by atoms with Gasteiger partial charge < -0.3 is 15.4 Å². The van der Waals surface area contributed by atoms with E-state index in [1.54, 1.807) is 10.8 Å². The molecule has 19 heavy (non-hydrogen) atoms. The Labute approximate surface area is 116 Å². The summed E-state index contributed by atoms with van der Waals surface area (Å²) in [6.07, 6.45) is 2.37. The van der Waals surface area contributed by atoms with E-state index in [9.17, 15) is 9.59 Å². The highest BCUT2D eigenvalue weighted by Gasteiger charge is 2.26. The number of aliphatic carboxylic acids is 1. The third kappa shape index (κ3) is 3.73. The van der Waals surface area contributed by atoms with Crippen LogP contribution in [0.25, 0.3) is 0 Å². The topological polar surface area (TPSA) is 98.2 Å². The zero-order valence-electron chi connectivity index (χ0n) is 11.3. The molecule has 0 spiro atoms. The molecular weight excluding hydrogens is 266 g/mol. The van der Waals surface area contributed by atoms with Crippen molar-refractivity contribution in [3.63, 3.8) is 0 Å². The Morgan fingerprint density at radius 2 is 2.16 bits per heavy atom. The van der Waals surface area contributed by atoms with Crippen LogP contribution in [0.4, 0.5) is 0 Å². The molecule has 0 aliphatic heterocycles. The summed E-state index contributed by atoms with van der Waals surface area (Å²) in [6, 6.07) is -0.506. The minimum absolute atomic E-state index is 0.0150. The summed E-state index contributed by atoms with van der Waals surface area (Å²) in [7, 11) is 0. The number of amides is 1. The van der Waals surface area contributed by atoms with Crippen LogP contribution in [0.3, 0.4) is 0 Å². The zero-order chi connectivity index (χ0) is 14.6. The van der Waals surface area contributed by atoms with Crippen molar-refractivity contribution in [2.24, 2.45) is 11.7 Å². The molecule has 0 saturated heterocycles. The van der Waals surface area contributed by atoms with E-state index in [0.29, 0.717) is 11.6 Å². The molecule has 1 aromatic rings. The molecule has 0 aliphatic rings. The quantitative estimate of drug-likeness (QED) is 0.736. The van der Waals surface area contributed by atoms with E-state index >= 15 is 0 Å². The molecule has 6 nitrogen and oxygen atoms in total. The van der Waals surface area contributed by atoms with Crippen LogP contribution in [0.5, 0.6) is 0 Å². The fourth-order valence-corrected chi connectivity index (χ4v) is 2.67. The van der Waals surface area contributed by atoms with Crippen molar-refractivity contribution in [3.8, 4) is 0 Å². The van der Waals surface area contributed by atoms with Gasteiger partial charge in [0, 0.05) is 11.9 Å². The maximum Gasteiger partial charge on any atom is 0.313 e. The smallest absolute Gasteiger partial charge is 0.313 e. The molecule has 3 N–H and O–H groups in total. The first-order valence-electron chi connectivity index (χ1n) is 6.08. The summed E-state index contributed by atoms with van der Waals surface area (Å²) in [6.45, 7) is 5.76. The average molecular weight is 285 g/mol. The molecule has 0 aromatic carbocycles. The minimum atomic E-state index is -0.919. The third-order valence-electron chi connectivity index (χ3n) is 2.73. The number of carboxylic acids is 1. The molecule has 0 saturated carbocycles. The maximum atomic E-state index is 11.6. The van der Waals surface area contributed by atoms with E-state index in [0.717, 1.165) is 17.5 Å². The summed E-state index contributed by atoms with van der Waals surface area (Å²) < 4.78 is 1.76. The Bertz CT molecular complexity index is 471. The molecule has 0 bridgehead atoms. The molecule has 0 radical (unpaired) electrons. The average Bonchev–Trinajstić information content (AvgIpc) is 2.68. The van der Waals surface area contributed by atoms with Crippen molar-refractivity contribution in [1.29, 1.82) is 0 Å². The molecule has 1 atom stereocenters. The van der Waals surface area contributed by atoms with Crippen LogP contribution in [0.1, 0.15) is 32.5 Å². The number of thioether (sulfide) groups is 1. The number of imidazole rings is 1. The van der Waals surface area contributed by atoms with Gasteiger partial charge in [-0.1, -0.05) is 32.5 Å². The third-order valence-corrected chi connectivity index (χ3v) is 3.68. The highest BCUT2D eigenvalue weighted by molar-refractivity contribution is 7.99. The van der Waals surface area contributed by atoms with Crippen molar-refractivity contribution in [3.05, 3.63) is 11.9 Å². The van der Waals surface area contributed by atoms with E-state index in [2.05, 4.69) is 4.98 Å². The second-order valence-corrected chi connectivity index (χ2v) is 5.47. The first kappa shape index (κ1) is 15.6. The lowest BCUT2D eigenvalue weighted by molar-refractivity contribution is -0.133. The number of nitrogens with zero attached hydrogens (tertiary/aromatic N) is 2. The molecule has 1 unspecified atom stereocenters. The van der Waals surface area contributed by atoms with Gasteiger partial charge in [0.2, 0.25) is 5.91 Å². The van der Waals surface area contributed by atoms with Gasteiger partial charge in [0.15, 0.2) is 5.16 Å². The Hall–Kier alpha value is -1.50. The number of nitrogens with two attached hydrogens (primary N) is 1. The molecule has 7 heteroatoms. The lowest BCUT2D eigenvalue weighted by Gasteiger charge is -2.23. The van der Waals surface area contributed by atoms with Crippen LogP contribution < -0.4 is 5.73 Å². The van der Waals surface area contributed by atoms with E-state index in [4.69, 9.17) is 10.8 Å². The molecule has 1 heterocycles. The Kier molecular flexibility index (Phi) is 5.41. The van der Waals surface area contributed by atoms with Gasteiger partial charge >= 0.3 is 5.97 Å². The van der Waals surface area contributed by atoms with Gasteiger partial charge in [0.05, 0.1) is 5.75 Å². The summed E-state index contributed by atoms with van der Waals surface area (Å²) in [5.74, 6) is -1.43. The van der Waals surface area contributed by atoms with Crippen molar-refractivity contribution in [1.82, 2.24) is 9.55 Å². The molecular formula is C12H19N3O3S. The number of primary amides is 1. The fourth-order valence-electron chi connectivity index (χ4n) is 1.92. The second-order valence-electron chi connectivity index (χ2n) is 4.53. The van der Waals surface area contributed by atoms with Gasteiger partial charge in [0.1, 0.15) is 6.04 Å². The van der Waals surface area contributed by atoms with Crippen LogP contribution in [0.15, 0.2) is 11.4 Å². The second kappa shape index (κ2) is 6.60. The summed E-state index contributed by atoms with van der Waals surface area (Å²) in [5, 5.41) is 9.26. The standard InChI is InChI=1S/C12H19N3O3S/c1-4-8-5-14-12(19-6-9(16)17)15(8)10(7(2)3)11(13)18/h5,7,10H,4,6H2,1-3H3,(H2,13,18)(H,16,17). The number of carbonyl (C=O) groups excluding carboxylic acids is 1. The maximum absolute atomic E-state index is 11.6. The van der Waals surface area contributed by atoms with Crippen molar-refractivity contribution in [2.45, 2.75) is 38.4 Å². The largest absolute Gasteiger partial charge is 0.481 e. The Morgan fingerprint density at radius 1 is 1.53 bits per heavy atom. The van der Waals surface area contributed by atoms with Crippen LogP contribution in [-0.2, 0) is 16.0 Å². The van der Waals surface area contributed by atoms with Crippen molar-refractivity contribution >= 4 is 23.6 Å². The summed E-state index contributed by atoms with van der Waals surface area (Å²) >= 11 is 1.10. The zero-order valence-corrected chi connectivity index (χ0v) is 12.1. The lowest BCUT2D eigenvalue weighted by Crippen LogP contribution is -2.32. The highest BCUT2D eigenvalue weighted by Crippen LogP contribution is 2.27. The van der Waals surface area contributed by atoms with E-state index in [1.165, 1.54) is 0 Å². The highest BCUT2D eigenvalue weighted by atomic mass is 32.2. The number of aromatic nitrogens is 2. The van der Waals surface area contributed by atoms with Crippen LogP contribution in [0.2, 0.25) is 0 Å². The first-order valence-corrected chi connectivity index (χ1v) is 7.07.